The summed E-state index contributed by atoms with van der Waals surface area (Å²) in [5, 5.41) is 8.97. The molecular weight excluding hydrogens is 187 g/mol. The molecule has 0 aliphatic carbocycles. The van der Waals surface area contributed by atoms with E-state index >= 15 is 0 Å². The Morgan fingerprint density at radius 3 is 2.45 bits per heavy atom. The molecule has 11 heavy (non-hydrogen) atoms. The van der Waals surface area contributed by atoms with Crippen LogP contribution in [0, 0.1) is 0 Å². The molecule has 0 fully saturated rings. The fourth-order valence-corrected chi connectivity index (χ4v) is 0.588. The Balaban J connectivity index is 0. The SMILES string of the molecule is Cl.Cl.NCc1ccncc1O. The summed E-state index contributed by atoms with van der Waals surface area (Å²) in [4.78, 5) is 3.69. The van der Waals surface area contributed by atoms with Gasteiger partial charge in [-0.25, -0.2) is 0 Å². The second-order valence-electron chi connectivity index (χ2n) is 1.71. The summed E-state index contributed by atoms with van der Waals surface area (Å²) >= 11 is 0. The first-order valence-electron chi connectivity index (χ1n) is 2.66. The van der Waals surface area contributed by atoms with Crippen LogP contribution in [0.25, 0.3) is 0 Å². The molecule has 0 aliphatic heterocycles. The van der Waals surface area contributed by atoms with Crippen LogP contribution in [0.5, 0.6) is 5.75 Å². The van der Waals surface area contributed by atoms with Crippen molar-refractivity contribution in [2.45, 2.75) is 6.54 Å². The van der Waals surface area contributed by atoms with Gasteiger partial charge in [-0.05, 0) is 6.07 Å². The molecule has 1 aromatic rings. The third-order valence-electron chi connectivity index (χ3n) is 1.11. The van der Waals surface area contributed by atoms with Crippen molar-refractivity contribution in [3.8, 4) is 5.75 Å². The molecule has 5 heteroatoms. The van der Waals surface area contributed by atoms with Crippen molar-refractivity contribution in [3.63, 3.8) is 0 Å². The van der Waals surface area contributed by atoms with E-state index < -0.39 is 0 Å². The van der Waals surface area contributed by atoms with E-state index in [-0.39, 0.29) is 30.6 Å². The van der Waals surface area contributed by atoms with Crippen LogP contribution in [0.3, 0.4) is 0 Å². The van der Waals surface area contributed by atoms with Gasteiger partial charge < -0.3 is 10.8 Å². The number of halogens is 2. The summed E-state index contributed by atoms with van der Waals surface area (Å²) in [7, 11) is 0. The van der Waals surface area contributed by atoms with Gasteiger partial charge in [0.05, 0.1) is 6.20 Å². The Morgan fingerprint density at radius 1 is 1.45 bits per heavy atom. The van der Waals surface area contributed by atoms with Gasteiger partial charge in [0.15, 0.2) is 0 Å². The lowest BCUT2D eigenvalue weighted by atomic mass is 10.2. The lowest BCUT2D eigenvalue weighted by Gasteiger charge is -1.96. The lowest BCUT2D eigenvalue weighted by molar-refractivity contribution is 0.465. The molecule has 0 unspecified atom stereocenters. The topological polar surface area (TPSA) is 59.1 Å². The van der Waals surface area contributed by atoms with Gasteiger partial charge in [-0.2, -0.15) is 0 Å². The minimum absolute atomic E-state index is 0. The van der Waals surface area contributed by atoms with Crippen LogP contribution in [-0.2, 0) is 6.54 Å². The van der Waals surface area contributed by atoms with E-state index in [9.17, 15) is 0 Å². The Bertz CT molecular complexity index is 208. The smallest absolute Gasteiger partial charge is 0.138 e. The van der Waals surface area contributed by atoms with Gasteiger partial charge in [0.1, 0.15) is 5.75 Å². The van der Waals surface area contributed by atoms with Crippen molar-refractivity contribution in [2.24, 2.45) is 5.73 Å². The molecule has 1 heterocycles. The molecule has 0 aliphatic rings. The second kappa shape index (κ2) is 6.22. The predicted octanol–water partition coefficient (Wildman–Crippen LogP) is 1.09. The number of aromatic nitrogens is 1. The second-order valence-corrected chi connectivity index (χ2v) is 1.71. The van der Waals surface area contributed by atoms with Crippen molar-refractivity contribution < 1.29 is 5.11 Å². The zero-order valence-corrected chi connectivity index (χ0v) is 7.36. The molecule has 1 aromatic heterocycles. The minimum atomic E-state index is 0. The van der Waals surface area contributed by atoms with Gasteiger partial charge in [0.25, 0.3) is 0 Å². The maximum absolute atomic E-state index is 8.97. The highest BCUT2D eigenvalue weighted by atomic mass is 35.5. The Labute approximate surface area is 77.5 Å². The van der Waals surface area contributed by atoms with Crippen molar-refractivity contribution in [2.75, 3.05) is 0 Å². The molecule has 3 N–H and O–H groups in total. The van der Waals surface area contributed by atoms with Crippen molar-refractivity contribution in [1.82, 2.24) is 4.98 Å². The van der Waals surface area contributed by atoms with E-state index in [0.29, 0.717) is 6.54 Å². The number of pyridine rings is 1. The maximum atomic E-state index is 8.97. The molecule has 0 radical (unpaired) electrons. The molecule has 64 valence electrons. The zero-order valence-electron chi connectivity index (χ0n) is 5.73. The number of aromatic hydroxyl groups is 1. The van der Waals surface area contributed by atoms with Gasteiger partial charge in [0.2, 0.25) is 0 Å². The molecule has 1 rings (SSSR count). The molecule has 3 nitrogen and oxygen atoms in total. The molecule has 0 bridgehead atoms. The fraction of sp³-hybridized carbons (Fsp3) is 0.167. The molecule has 0 amide bonds. The molecule has 0 saturated heterocycles. The van der Waals surface area contributed by atoms with E-state index in [1.165, 1.54) is 6.20 Å². The number of nitrogens with two attached hydrogens (primary N) is 1. The number of hydrogen-bond acceptors (Lipinski definition) is 3. The van der Waals surface area contributed by atoms with E-state index in [4.69, 9.17) is 10.8 Å². The summed E-state index contributed by atoms with van der Waals surface area (Å²) < 4.78 is 0. The van der Waals surface area contributed by atoms with Gasteiger partial charge in [-0.1, -0.05) is 0 Å². The Hall–Kier alpha value is -0.510. The first kappa shape index (κ1) is 13.1. The van der Waals surface area contributed by atoms with Crippen LogP contribution < -0.4 is 5.73 Å². The molecule has 0 spiro atoms. The molecule has 0 aromatic carbocycles. The van der Waals surface area contributed by atoms with E-state index in [1.807, 2.05) is 0 Å². The number of rotatable bonds is 1. The van der Waals surface area contributed by atoms with Crippen LogP contribution in [0.15, 0.2) is 18.5 Å². The monoisotopic (exact) mass is 196 g/mol. The largest absolute Gasteiger partial charge is 0.506 e. The summed E-state index contributed by atoms with van der Waals surface area (Å²) in [6.45, 7) is 0.356. The average molecular weight is 197 g/mol. The standard InChI is InChI=1S/C6H8N2O.2ClH/c7-3-5-1-2-8-4-6(5)9;;/h1-2,4,9H,3,7H2;2*1H. The van der Waals surface area contributed by atoms with Crippen molar-refractivity contribution >= 4 is 24.8 Å². The van der Waals surface area contributed by atoms with Crippen molar-refractivity contribution in [1.29, 1.82) is 0 Å². The summed E-state index contributed by atoms with van der Waals surface area (Å²) in [6, 6.07) is 1.69. The lowest BCUT2D eigenvalue weighted by Crippen LogP contribution is -1.96. The summed E-state index contributed by atoms with van der Waals surface area (Å²) in [6.07, 6.45) is 2.98. The van der Waals surface area contributed by atoms with E-state index in [2.05, 4.69) is 4.98 Å². The van der Waals surface area contributed by atoms with Crippen LogP contribution in [0.1, 0.15) is 5.56 Å². The maximum Gasteiger partial charge on any atom is 0.138 e. The normalized spacial score (nSPS) is 7.73. The predicted molar refractivity (Wildman–Crippen MR) is 48.3 cm³/mol. The highest BCUT2D eigenvalue weighted by Gasteiger charge is 1.93. The van der Waals surface area contributed by atoms with Gasteiger partial charge in [-0.3, -0.25) is 4.98 Å². The first-order valence-corrected chi connectivity index (χ1v) is 2.66. The Morgan fingerprint density at radius 2 is 2.09 bits per heavy atom. The molecule has 0 atom stereocenters. The quantitative estimate of drug-likeness (QED) is 0.708. The fourth-order valence-electron chi connectivity index (χ4n) is 0.588. The zero-order chi connectivity index (χ0) is 6.69. The van der Waals surface area contributed by atoms with Gasteiger partial charge >= 0.3 is 0 Å². The molecular formula is C6H10Cl2N2O. The minimum Gasteiger partial charge on any atom is -0.506 e. The highest BCUT2D eigenvalue weighted by Crippen LogP contribution is 2.11. The van der Waals surface area contributed by atoms with Crippen LogP contribution in [0.4, 0.5) is 0 Å². The van der Waals surface area contributed by atoms with E-state index in [0.717, 1.165) is 5.56 Å². The van der Waals surface area contributed by atoms with Crippen LogP contribution in [-0.4, -0.2) is 10.1 Å². The Kier molecular flexibility index (Phi) is 7.41. The van der Waals surface area contributed by atoms with Gasteiger partial charge in [0, 0.05) is 18.3 Å². The van der Waals surface area contributed by atoms with E-state index in [1.54, 1.807) is 12.3 Å². The average Bonchev–Trinajstić information content (AvgIpc) is 1.89. The van der Waals surface area contributed by atoms with Crippen LogP contribution >= 0.6 is 24.8 Å². The summed E-state index contributed by atoms with van der Waals surface area (Å²) in [5.74, 6) is 0.167. The van der Waals surface area contributed by atoms with Gasteiger partial charge in [-0.15, -0.1) is 24.8 Å². The van der Waals surface area contributed by atoms with Crippen LogP contribution in [0.2, 0.25) is 0 Å². The summed E-state index contributed by atoms with van der Waals surface area (Å²) in [5.41, 5.74) is 5.99. The number of hydrogen-bond donors (Lipinski definition) is 2. The number of nitrogens with zero attached hydrogens (tertiary/aromatic N) is 1. The first-order chi connectivity index (χ1) is 4.34. The van der Waals surface area contributed by atoms with Crippen molar-refractivity contribution in [3.05, 3.63) is 24.0 Å². The molecule has 0 saturated carbocycles. The third-order valence-corrected chi connectivity index (χ3v) is 1.11. The third kappa shape index (κ3) is 3.41. The highest BCUT2D eigenvalue weighted by molar-refractivity contribution is 5.85.